The predicted octanol–water partition coefficient (Wildman–Crippen LogP) is 3.44. The van der Waals surface area contributed by atoms with Gasteiger partial charge in [-0.15, -0.1) is 10.2 Å². The number of thioether (sulfide) groups is 1. The fraction of sp³-hybridized carbons (Fsp3) is 0.273. The molecule has 4 rings (SSSR count). The monoisotopic (exact) mass is 437 g/mol. The van der Waals surface area contributed by atoms with Crippen molar-refractivity contribution in [3.63, 3.8) is 0 Å². The van der Waals surface area contributed by atoms with Gasteiger partial charge in [0.05, 0.1) is 29.5 Å². The molecule has 0 aliphatic rings. The number of rotatable bonds is 7. The molecule has 0 atom stereocenters. The van der Waals surface area contributed by atoms with Gasteiger partial charge in [-0.25, -0.2) is 0 Å². The molecule has 4 aromatic rings. The summed E-state index contributed by atoms with van der Waals surface area (Å²) in [5.74, 6) is 1.28. The summed E-state index contributed by atoms with van der Waals surface area (Å²) in [5.41, 5.74) is 1.24. The lowest BCUT2D eigenvalue weighted by Crippen LogP contribution is -2.25. The van der Waals surface area contributed by atoms with Gasteiger partial charge in [-0.05, 0) is 30.2 Å². The largest absolute Gasteiger partial charge is 0.495 e. The average molecular weight is 438 g/mol. The number of carbonyl (C=O) groups is 1. The summed E-state index contributed by atoms with van der Waals surface area (Å²) in [6.45, 7) is 4.63. The van der Waals surface area contributed by atoms with Crippen LogP contribution in [0.4, 0.5) is 5.69 Å². The van der Waals surface area contributed by atoms with E-state index in [1.54, 1.807) is 29.9 Å². The molecule has 2 heterocycles. The van der Waals surface area contributed by atoms with E-state index in [1.807, 2.05) is 48.6 Å². The molecular formula is C22H23N5O3S. The number of anilines is 1. The van der Waals surface area contributed by atoms with Gasteiger partial charge in [0.2, 0.25) is 11.7 Å². The van der Waals surface area contributed by atoms with E-state index in [1.165, 1.54) is 11.8 Å². The first-order valence-corrected chi connectivity index (χ1v) is 10.9. The second-order valence-electron chi connectivity index (χ2n) is 7.48. The minimum absolute atomic E-state index is 0.0883. The summed E-state index contributed by atoms with van der Waals surface area (Å²) in [6.07, 6.45) is 0. The van der Waals surface area contributed by atoms with Crippen molar-refractivity contribution in [1.29, 1.82) is 0 Å². The summed E-state index contributed by atoms with van der Waals surface area (Å²) in [4.78, 5) is 25.6. The summed E-state index contributed by atoms with van der Waals surface area (Å²) < 4.78 is 8.78. The molecule has 0 bridgehead atoms. The van der Waals surface area contributed by atoms with Crippen molar-refractivity contribution < 1.29 is 9.53 Å². The third-order valence-electron chi connectivity index (χ3n) is 4.74. The van der Waals surface area contributed by atoms with Crippen molar-refractivity contribution in [2.24, 2.45) is 5.92 Å². The molecule has 0 radical (unpaired) electrons. The van der Waals surface area contributed by atoms with Crippen molar-refractivity contribution in [3.05, 3.63) is 58.9 Å². The molecule has 0 spiro atoms. The summed E-state index contributed by atoms with van der Waals surface area (Å²) >= 11 is 1.27. The molecular weight excluding hydrogens is 414 g/mol. The van der Waals surface area contributed by atoms with Gasteiger partial charge < -0.3 is 10.1 Å². The number of nitrogens with one attached hydrogen (secondary N) is 1. The minimum atomic E-state index is -0.189. The zero-order valence-electron chi connectivity index (χ0n) is 17.5. The summed E-state index contributed by atoms with van der Waals surface area (Å²) in [7, 11) is 1.56. The first-order chi connectivity index (χ1) is 15.0. The Hall–Kier alpha value is -3.33. The summed E-state index contributed by atoms with van der Waals surface area (Å²) in [6, 6.07) is 14.6. The maximum atomic E-state index is 13.0. The SMILES string of the molecule is COc1ccccc1NC(=O)CSc1nnc2n(CC(C)C)c(=O)c3ccccc3n12. The van der Waals surface area contributed by atoms with Crippen LogP contribution in [0, 0.1) is 5.92 Å². The van der Waals surface area contributed by atoms with Crippen LogP contribution in [-0.2, 0) is 11.3 Å². The van der Waals surface area contributed by atoms with Gasteiger partial charge in [-0.2, -0.15) is 0 Å². The highest BCUT2D eigenvalue weighted by Crippen LogP contribution is 2.25. The lowest BCUT2D eigenvalue weighted by Gasteiger charge is -2.13. The van der Waals surface area contributed by atoms with Crippen molar-refractivity contribution in [1.82, 2.24) is 19.2 Å². The van der Waals surface area contributed by atoms with Crippen LogP contribution in [0.2, 0.25) is 0 Å². The number of methoxy groups -OCH3 is 1. The van der Waals surface area contributed by atoms with Crippen molar-refractivity contribution in [3.8, 4) is 5.75 Å². The number of amides is 1. The quantitative estimate of drug-likeness (QED) is 0.446. The van der Waals surface area contributed by atoms with Crippen LogP contribution in [0.1, 0.15) is 13.8 Å². The number of ether oxygens (including phenoxy) is 1. The fourth-order valence-corrected chi connectivity index (χ4v) is 4.16. The topological polar surface area (TPSA) is 90.5 Å². The van der Waals surface area contributed by atoms with E-state index in [-0.39, 0.29) is 23.1 Å². The van der Waals surface area contributed by atoms with Crippen molar-refractivity contribution in [2.45, 2.75) is 25.5 Å². The van der Waals surface area contributed by atoms with Crippen LogP contribution in [0.3, 0.4) is 0 Å². The molecule has 2 aromatic heterocycles. The van der Waals surface area contributed by atoms with E-state index in [2.05, 4.69) is 15.5 Å². The Kier molecular flexibility index (Phi) is 5.94. The molecule has 0 saturated heterocycles. The Balaban J connectivity index is 1.66. The zero-order chi connectivity index (χ0) is 22.0. The molecule has 31 heavy (non-hydrogen) atoms. The first-order valence-electron chi connectivity index (χ1n) is 9.92. The van der Waals surface area contributed by atoms with Gasteiger partial charge in [0, 0.05) is 6.54 Å². The van der Waals surface area contributed by atoms with Crippen LogP contribution in [-0.4, -0.2) is 37.9 Å². The average Bonchev–Trinajstić information content (AvgIpc) is 3.19. The van der Waals surface area contributed by atoms with E-state index in [0.29, 0.717) is 34.3 Å². The molecule has 160 valence electrons. The Labute approximate surface area is 183 Å². The molecule has 1 amide bonds. The molecule has 9 heteroatoms. The number of aromatic nitrogens is 4. The number of hydrogen-bond donors (Lipinski definition) is 1. The molecule has 2 aromatic carbocycles. The van der Waals surface area contributed by atoms with Crippen LogP contribution >= 0.6 is 11.8 Å². The smallest absolute Gasteiger partial charge is 0.262 e. The molecule has 0 saturated carbocycles. The maximum Gasteiger partial charge on any atom is 0.262 e. The number of carbonyl (C=O) groups excluding carboxylic acids is 1. The third kappa shape index (κ3) is 4.13. The minimum Gasteiger partial charge on any atom is -0.495 e. The molecule has 1 N–H and O–H groups in total. The van der Waals surface area contributed by atoms with E-state index in [0.717, 1.165) is 5.52 Å². The van der Waals surface area contributed by atoms with Crippen LogP contribution < -0.4 is 15.6 Å². The lowest BCUT2D eigenvalue weighted by atomic mass is 10.2. The van der Waals surface area contributed by atoms with Crippen molar-refractivity contribution in [2.75, 3.05) is 18.2 Å². The standard InChI is InChI=1S/C22H23N5O3S/c1-14(2)12-26-20(29)15-8-4-6-10-17(15)27-21(26)24-25-22(27)31-13-19(28)23-16-9-5-7-11-18(16)30-3/h4-11,14H,12-13H2,1-3H3,(H,23,28). The molecule has 0 aliphatic heterocycles. The normalized spacial score (nSPS) is 11.4. The van der Waals surface area contributed by atoms with Gasteiger partial charge in [0.25, 0.3) is 5.56 Å². The Morgan fingerprint density at radius 1 is 1.13 bits per heavy atom. The molecule has 0 aliphatic carbocycles. The van der Waals surface area contributed by atoms with Gasteiger partial charge >= 0.3 is 0 Å². The van der Waals surface area contributed by atoms with E-state index in [9.17, 15) is 9.59 Å². The first kappa shape index (κ1) is 20.9. The van der Waals surface area contributed by atoms with E-state index >= 15 is 0 Å². The van der Waals surface area contributed by atoms with Gasteiger partial charge in [0.15, 0.2) is 5.16 Å². The lowest BCUT2D eigenvalue weighted by molar-refractivity contribution is -0.113. The Morgan fingerprint density at radius 3 is 2.65 bits per heavy atom. The predicted molar refractivity (Wildman–Crippen MR) is 122 cm³/mol. The highest BCUT2D eigenvalue weighted by Gasteiger charge is 2.18. The van der Waals surface area contributed by atoms with Gasteiger partial charge in [-0.1, -0.05) is 49.9 Å². The molecule has 0 fully saturated rings. The highest BCUT2D eigenvalue weighted by atomic mass is 32.2. The van der Waals surface area contributed by atoms with Gasteiger partial charge in [-0.3, -0.25) is 18.6 Å². The maximum absolute atomic E-state index is 13.0. The summed E-state index contributed by atoms with van der Waals surface area (Å²) in [5, 5.41) is 12.6. The van der Waals surface area contributed by atoms with Crippen molar-refractivity contribution >= 4 is 40.0 Å². The number of fused-ring (bicyclic) bond motifs is 3. The number of nitrogens with zero attached hydrogens (tertiary/aromatic N) is 4. The number of benzene rings is 2. The van der Waals surface area contributed by atoms with Gasteiger partial charge in [0.1, 0.15) is 5.75 Å². The Morgan fingerprint density at radius 2 is 1.87 bits per heavy atom. The van der Waals surface area contributed by atoms with E-state index < -0.39 is 0 Å². The number of para-hydroxylation sites is 3. The Bertz CT molecular complexity index is 1310. The second-order valence-corrected chi connectivity index (χ2v) is 8.42. The highest BCUT2D eigenvalue weighted by molar-refractivity contribution is 7.99. The second kappa shape index (κ2) is 8.81. The van der Waals surface area contributed by atoms with Crippen LogP contribution in [0.15, 0.2) is 58.5 Å². The fourth-order valence-electron chi connectivity index (χ4n) is 3.42. The third-order valence-corrected chi connectivity index (χ3v) is 5.67. The number of hydrogen-bond acceptors (Lipinski definition) is 6. The molecule has 0 unspecified atom stereocenters. The van der Waals surface area contributed by atoms with E-state index in [4.69, 9.17) is 4.74 Å². The van der Waals surface area contributed by atoms with Crippen LogP contribution in [0.5, 0.6) is 5.75 Å². The zero-order valence-corrected chi connectivity index (χ0v) is 18.3. The van der Waals surface area contributed by atoms with Crippen LogP contribution in [0.25, 0.3) is 16.7 Å². The molecule has 8 nitrogen and oxygen atoms in total.